The fourth-order valence-electron chi connectivity index (χ4n) is 1.88. The molecular formula is C14H14BrFN2O2S. The molecule has 0 radical (unpaired) electrons. The first-order chi connectivity index (χ1) is 9.80. The average Bonchev–Trinajstić information content (AvgIpc) is 2.41. The molecule has 7 heteroatoms. The molecule has 2 rings (SSSR count). The van der Waals surface area contributed by atoms with E-state index in [4.69, 9.17) is 5.73 Å². The molecule has 4 nitrogen and oxygen atoms in total. The van der Waals surface area contributed by atoms with Crippen molar-refractivity contribution in [3.05, 3.63) is 58.3 Å². The van der Waals surface area contributed by atoms with Gasteiger partial charge in [0.2, 0.25) is 10.0 Å². The van der Waals surface area contributed by atoms with Gasteiger partial charge in [-0.25, -0.2) is 12.8 Å². The number of rotatable bonds is 4. The summed E-state index contributed by atoms with van der Waals surface area (Å²) in [5.74, 6) is -0.640. The van der Waals surface area contributed by atoms with Crippen molar-refractivity contribution in [3.63, 3.8) is 0 Å². The third-order valence-corrected chi connectivity index (χ3v) is 5.31. The van der Waals surface area contributed by atoms with Gasteiger partial charge in [0, 0.05) is 18.1 Å². The van der Waals surface area contributed by atoms with Crippen molar-refractivity contribution in [1.29, 1.82) is 0 Å². The van der Waals surface area contributed by atoms with Crippen molar-refractivity contribution < 1.29 is 12.8 Å². The SMILES string of the molecule is CN(Cc1cccc(Br)c1)S(=O)(=O)c1cc(F)ccc1N. The zero-order valence-corrected chi connectivity index (χ0v) is 13.7. The van der Waals surface area contributed by atoms with Crippen LogP contribution in [0.4, 0.5) is 10.1 Å². The van der Waals surface area contributed by atoms with Gasteiger partial charge in [-0.3, -0.25) is 0 Å². The molecule has 0 spiro atoms. The zero-order valence-electron chi connectivity index (χ0n) is 11.3. The van der Waals surface area contributed by atoms with Crippen molar-refractivity contribution in [1.82, 2.24) is 4.31 Å². The van der Waals surface area contributed by atoms with E-state index in [-0.39, 0.29) is 17.1 Å². The first-order valence-electron chi connectivity index (χ1n) is 6.06. The molecule has 21 heavy (non-hydrogen) atoms. The van der Waals surface area contributed by atoms with E-state index in [1.807, 2.05) is 24.3 Å². The Bertz CT molecular complexity index is 765. The molecule has 0 heterocycles. The lowest BCUT2D eigenvalue weighted by Crippen LogP contribution is -2.27. The van der Waals surface area contributed by atoms with Gasteiger partial charge in [0.05, 0.1) is 5.69 Å². The van der Waals surface area contributed by atoms with E-state index < -0.39 is 15.8 Å². The molecule has 112 valence electrons. The topological polar surface area (TPSA) is 63.4 Å². The molecule has 2 N–H and O–H groups in total. The molecule has 0 fully saturated rings. The van der Waals surface area contributed by atoms with Crippen LogP contribution < -0.4 is 5.73 Å². The van der Waals surface area contributed by atoms with Crippen LogP contribution in [-0.4, -0.2) is 19.8 Å². The van der Waals surface area contributed by atoms with Crippen LogP contribution in [0.1, 0.15) is 5.56 Å². The Morgan fingerprint density at radius 1 is 1.24 bits per heavy atom. The van der Waals surface area contributed by atoms with E-state index in [0.29, 0.717) is 0 Å². The van der Waals surface area contributed by atoms with Crippen LogP contribution in [0.2, 0.25) is 0 Å². The third-order valence-electron chi connectivity index (χ3n) is 2.96. The molecule has 0 aliphatic carbocycles. The largest absolute Gasteiger partial charge is 0.398 e. The van der Waals surface area contributed by atoms with E-state index in [1.54, 1.807) is 0 Å². The number of halogens is 2. The van der Waals surface area contributed by atoms with Gasteiger partial charge in [-0.1, -0.05) is 28.1 Å². The minimum absolute atomic E-state index is 0.0255. The Hall–Kier alpha value is -1.44. The van der Waals surface area contributed by atoms with Crippen molar-refractivity contribution in [2.45, 2.75) is 11.4 Å². The zero-order chi connectivity index (χ0) is 15.6. The summed E-state index contributed by atoms with van der Waals surface area (Å²) in [6.45, 7) is 0.164. The highest BCUT2D eigenvalue weighted by Gasteiger charge is 2.24. The van der Waals surface area contributed by atoms with E-state index in [0.717, 1.165) is 26.5 Å². The number of sulfonamides is 1. The summed E-state index contributed by atoms with van der Waals surface area (Å²) in [6, 6.07) is 10.6. The van der Waals surface area contributed by atoms with Crippen LogP contribution in [0, 0.1) is 5.82 Å². The maximum atomic E-state index is 13.3. The third kappa shape index (κ3) is 3.61. The fraction of sp³-hybridized carbons (Fsp3) is 0.143. The number of hydrogen-bond acceptors (Lipinski definition) is 3. The maximum absolute atomic E-state index is 13.3. The van der Waals surface area contributed by atoms with Gasteiger partial charge in [0.1, 0.15) is 10.7 Å². The standard InChI is InChI=1S/C14H14BrFN2O2S/c1-18(9-10-3-2-4-11(15)7-10)21(19,20)14-8-12(16)5-6-13(14)17/h2-8H,9,17H2,1H3. The second kappa shape index (κ2) is 6.13. The van der Waals surface area contributed by atoms with Crippen LogP contribution in [0.3, 0.4) is 0 Å². The molecule has 0 aliphatic rings. The maximum Gasteiger partial charge on any atom is 0.245 e. The van der Waals surface area contributed by atoms with Gasteiger partial charge in [-0.05, 0) is 35.9 Å². The van der Waals surface area contributed by atoms with Gasteiger partial charge in [-0.2, -0.15) is 4.31 Å². The second-order valence-corrected chi connectivity index (χ2v) is 7.50. The molecule has 0 atom stereocenters. The Morgan fingerprint density at radius 3 is 2.62 bits per heavy atom. The summed E-state index contributed by atoms with van der Waals surface area (Å²) in [6.07, 6.45) is 0. The lowest BCUT2D eigenvalue weighted by atomic mass is 10.2. The smallest absolute Gasteiger partial charge is 0.245 e. The lowest BCUT2D eigenvalue weighted by molar-refractivity contribution is 0.466. The molecule has 2 aromatic carbocycles. The number of benzene rings is 2. The van der Waals surface area contributed by atoms with Crippen molar-refractivity contribution in [2.75, 3.05) is 12.8 Å². The Labute approximate surface area is 131 Å². The summed E-state index contributed by atoms with van der Waals surface area (Å²) < 4.78 is 40.2. The summed E-state index contributed by atoms with van der Waals surface area (Å²) in [5, 5.41) is 0. The van der Waals surface area contributed by atoms with Crippen LogP contribution in [0.25, 0.3) is 0 Å². The minimum atomic E-state index is -3.85. The fourth-order valence-corrected chi connectivity index (χ4v) is 3.61. The normalized spacial score (nSPS) is 11.8. The Balaban J connectivity index is 2.33. The highest BCUT2D eigenvalue weighted by molar-refractivity contribution is 9.10. The summed E-state index contributed by atoms with van der Waals surface area (Å²) >= 11 is 3.33. The summed E-state index contributed by atoms with van der Waals surface area (Å²) in [7, 11) is -2.42. The van der Waals surface area contributed by atoms with E-state index in [1.165, 1.54) is 13.1 Å². The van der Waals surface area contributed by atoms with Crippen LogP contribution in [0.5, 0.6) is 0 Å². The number of hydrogen-bond donors (Lipinski definition) is 1. The first kappa shape index (κ1) is 15.9. The second-order valence-electron chi connectivity index (χ2n) is 4.57. The van der Waals surface area contributed by atoms with E-state index in [2.05, 4.69) is 15.9 Å². The van der Waals surface area contributed by atoms with Gasteiger partial charge in [0.15, 0.2) is 0 Å². The predicted molar refractivity (Wildman–Crippen MR) is 83.6 cm³/mol. The van der Waals surface area contributed by atoms with Crippen LogP contribution >= 0.6 is 15.9 Å². The van der Waals surface area contributed by atoms with Gasteiger partial charge in [-0.15, -0.1) is 0 Å². The van der Waals surface area contributed by atoms with Crippen molar-refractivity contribution in [2.24, 2.45) is 0 Å². The molecule has 0 amide bonds. The van der Waals surface area contributed by atoms with E-state index >= 15 is 0 Å². The first-order valence-corrected chi connectivity index (χ1v) is 8.30. The summed E-state index contributed by atoms with van der Waals surface area (Å²) in [4.78, 5) is -0.222. The van der Waals surface area contributed by atoms with Crippen LogP contribution in [-0.2, 0) is 16.6 Å². The monoisotopic (exact) mass is 372 g/mol. The highest BCUT2D eigenvalue weighted by Crippen LogP contribution is 2.24. The van der Waals surface area contributed by atoms with Gasteiger partial charge < -0.3 is 5.73 Å². The van der Waals surface area contributed by atoms with E-state index in [9.17, 15) is 12.8 Å². The molecule has 0 bridgehead atoms. The molecule has 0 aliphatic heterocycles. The quantitative estimate of drug-likeness (QED) is 0.839. The molecular weight excluding hydrogens is 359 g/mol. The van der Waals surface area contributed by atoms with Crippen molar-refractivity contribution in [3.8, 4) is 0 Å². The molecule has 2 aromatic rings. The minimum Gasteiger partial charge on any atom is -0.398 e. The number of nitrogens with zero attached hydrogens (tertiary/aromatic N) is 1. The van der Waals surface area contributed by atoms with Gasteiger partial charge >= 0.3 is 0 Å². The number of nitrogens with two attached hydrogens (primary N) is 1. The molecule has 0 saturated carbocycles. The predicted octanol–water partition coefficient (Wildman–Crippen LogP) is 2.99. The summed E-state index contributed by atoms with van der Waals surface area (Å²) in [5.41, 5.74) is 6.49. The van der Waals surface area contributed by atoms with Crippen molar-refractivity contribution >= 4 is 31.6 Å². The molecule has 0 unspecified atom stereocenters. The number of nitrogen functional groups attached to an aromatic ring is 1. The molecule has 0 saturated heterocycles. The molecule has 0 aromatic heterocycles. The highest BCUT2D eigenvalue weighted by atomic mass is 79.9. The van der Waals surface area contributed by atoms with Gasteiger partial charge in [0.25, 0.3) is 0 Å². The Kier molecular flexibility index (Phi) is 4.65. The Morgan fingerprint density at radius 2 is 1.95 bits per heavy atom. The average molecular weight is 373 g/mol. The lowest BCUT2D eigenvalue weighted by Gasteiger charge is -2.18. The number of anilines is 1. The van der Waals surface area contributed by atoms with Crippen LogP contribution in [0.15, 0.2) is 51.8 Å².